The summed E-state index contributed by atoms with van der Waals surface area (Å²) >= 11 is 1.62. The number of halogens is 3. The van der Waals surface area contributed by atoms with Crippen molar-refractivity contribution in [1.29, 1.82) is 10.8 Å². The molecule has 7 nitrogen and oxygen atoms in total. The van der Waals surface area contributed by atoms with Crippen LogP contribution in [0.3, 0.4) is 0 Å². The van der Waals surface area contributed by atoms with Crippen LogP contribution in [-0.2, 0) is 12.8 Å². The first-order valence-corrected chi connectivity index (χ1v) is 12.0. The van der Waals surface area contributed by atoms with E-state index in [1.807, 2.05) is 4.90 Å². The monoisotopic (exact) mass is 479 g/mol. The lowest BCUT2D eigenvalue weighted by Crippen LogP contribution is -2.55. The summed E-state index contributed by atoms with van der Waals surface area (Å²) in [6.45, 7) is 4.24. The van der Waals surface area contributed by atoms with E-state index in [-0.39, 0.29) is 25.5 Å². The lowest BCUT2D eigenvalue weighted by molar-refractivity contribution is -0.0671. The van der Waals surface area contributed by atoms with Crippen molar-refractivity contribution in [2.24, 2.45) is 5.92 Å². The normalized spacial score (nSPS) is 19.9. The topological polar surface area (TPSA) is 92.0 Å². The third-order valence-corrected chi connectivity index (χ3v) is 6.96. The Labute approximate surface area is 194 Å². The Morgan fingerprint density at radius 1 is 1.33 bits per heavy atom. The van der Waals surface area contributed by atoms with Gasteiger partial charge in [-0.05, 0) is 31.4 Å². The van der Waals surface area contributed by atoms with Gasteiger partial charge in [-0.15, -0.1) is 11.3 Å². The third kappa shape index (κ3) is 5.35. The van der Waals surface area contributed by atoms with Gasteiger partial charge in [-0.2, -0.15) is 13.2 Å². The molecule has 1 atom stereocenters. The summed E-state index contributed by atoms with van der Waals surface area (Å²) in [5, 5.41) is 19.8. The maximum Gasteiger partial charge on any atom is 0.449 e. The molecule has 0 aliphatic carbocycles. The van der Waals surface area contributed by atoms with Gasteiger partial charge in [0.05, 0.1) is 11.9 Å². The first kappa shape index (κ1) is 23.6. The van der Waals surface area contributed by atoms with Crippen molar-refractivity contribution in [2.45, 2.75) is 38.8 Å². The molecular formula is C22H28F3N7S. The van der Waals surface area contributed by atoms with Crippen LogP contribution in [0.2, 0.25) is 0 Å². The molecule has 2 aromatic heterocycles. The van der Waals surface area contributed by atoms with Gasteiger partial charge in [0.2, 0.25) is 5.84 Å². The number of hydrogen-bond acceptors (Lipinski definition) is 7. The molecule has 0 unspecified atom stereocenters. The Balaban J connectivity index is 1.59. The van der Waals surface area contributed by atoms with E-state index in [2.05, 4.69) is 30.5 Å². The Morgan fingerprint density at radius 2 is 2.15 bits per heavy atom. The molecule has 0 radical (unpaired) electrons. The molecule has 178 valence electrons. The van der Waals surface area contributed by atoms with Crippen molar-refractivity contribution in [1.82, 2.24) is 20.2 Å². The molecule has 0 aromatic carbocycles. The molecule has 2 saturated heterocycles. The summed E-state index contributed by atoms with van der Waals surface area (Å²) in [4.78, 5) is 14.2. The summed E-state index contributed by atoms with van der Waals surface area (Å²) in [6.07, 6.45) is 3.14. The number of nitrogens with one attached hydrogen (secondary N) is 3. The second-order valence-corrected chi connectivity index (χ2v) is 9.51. The van der Waals surface area contributed by atoms with Gasteiger partial charge in [0.1, 0.15) is 22.3 Å². The Morgan fingerprint density at radius 3 is 2.82 bits per heavy atom. The number of fused-ring (bicyclic) bond motifs is 1. The number of amidine groups is 2. The van der Waals surface area contributed by atoms with E-state index in [1.54, 1.807) is 11.3 Å². The lowest BCUT2D eigenvalue weighted by Gasteiger charge is -2.37. The standard InChI is InChI=1S/C22H28F3N7S/c1-2-4-15-11-16-19(31-9-10-32(17(26)13-31)21(27)22(23,24)25)29-18(30-20(16)33-15)6-3-5-14-7-8-28-12-14/h3,5,11,14,26-28H,2,4,6-10,12-13H2,1H3/b5-3+,26-17?,27-21?/t14-/m1/s1. The zero-order valence-electron chi connectivity index (χ0n) is 18.5. The van der Waals surface area contributed by atoms with Crippen LogP contribution in [-0.4, -0.2) is 65.4 Å². The molecule has 0 amide bonds. The van der Waals surface area contributed by atoms with Gasteiger partial charge >= 0.3 is 6.18 Å². The number of piperazine rings is 1. The molecule has 2 fully saturated rings. The van der Waals surface area contributed by atoms with Gasteiger partial charge in [0.15, 0.2) is 0 Å². The number of hydrogen-bond donors (Lipinski definition) is 3. The van der Waals surface area contributed by atoms with E-state index in [9.17, 15) is 13.2 Å². The van der Waals surface area contributed by atoms with E-state index >= 15 is 0 Å². The number of anilines is 1. The molecular weight excluding hydrogens is 451 g/mol. The van der Waals surface area contributed by atoms with Gasteiger partial charge in [-0.1, -0.05) is 25.5 Å². The quantitative estimate of drug-likeness (QED) is 0.331. The number of nitrogens with zero attached hydrogens (tertiary/aromatic N) is 4. The summed E-state index contributed by atoms with van der Waals surface area (Å²) < 4.78 is 39.0. The van der Waals surface area contributed by atoms with Crippen molar-refractivity contribution in [3.05, 3.63) is 28.9 Å². The molecule has 0 saturated carbocycles. The molecule has 0 spiro atoms. The van der Waals surface area contributed by atoms with Crippen LogP contribution in [0.15, 0.2) is 18.2 Å². The van der Waals surface area contributed by atoms with Crippen LogP contribution >= 0.6 is 11.3 Å². The van der Waals surface area contributed by atoms with Crippen LogP contribution in [0.1, 0.15) is 30.5 Å². The van der Waals surface area contributed by atoms with Crippen LogP contribution in [0.25, 0.3) is 10.2 Å². The number of allylic oxidation sites excluding steroid dienone is 1. The van der Waals surface area contributed by atoms with Crippen molar-refractivity contribution in [2.75, 3.05) is 37.6 Å². The smallest absolute Gasteiger partial charge is 0.347 e. The minimum atomic E-state index is -4.77. The van der Waals surface area contributed by atoms with Gasteiger partial charge in [0.25, 0.3) is 0 Å². The van der Waals surface area contributed by atoms with Crippen molar-refractivity contribution >= 4 is 39.0 Å². The van der Waals surface area contributed by atoms with E-state index in [4.69, 9.17) is 20.8 Å². The maximum absolute atomic E-state index is 13.0. The molecule has 2 aliphatic rings. The summed E-state index contributed by atoms with van der Waals surface area (Å²) in [5.74, 6) is 0.0974. The van der Waals surface area contributed by atoms with Gasteiger partial charge in [0, 0.05) is 30.9 Å². The largest absolute Gasteiger partial charge is 0.449 e. The Hall–Kier alpha value is -2.53. The van der Waals surface area contributed by atoms with Crippen LogP contribution in [0.5, 0.6) is 0 Å². The van der Waals surface area contributed by atoms with Crippen molar-refractivity contribution in [3.8, 4) is 0 Å². The second-order valence-electron chi connectivity index (χ2n) is 8.40. The Bertz CT molecular complexity index is 1060. The SMILES string of the molecule is CCCc1cc2c(N3CCN(C(=N)C(F)(F)F)C(=N)C3)nc(C/C=C/[C@@H]3CCNC3)nc2s1. The van der Waals surface area contributed by atoms with Gasteiger partial charge < -0.3 is 15.1 Å². The highest BCUT2D eigenvalue weighted by atomic mass is 32.1. The molecule has 11 heteroatoms. The third-order valence-electron chi connectivity index (χ3n) is 5.87. The first-order valence-electron chi connectivity index (χ1n) is 11.2. The minimum Gasteiger partial charge on any atom is -0.347 e. The van der Waals surface area contributed by atoms with Gasteiger partial charge in [-0.25, -0.2) is 9.97 Å². The minimum absolute atomic E-state index is 0.0352. The highest BCUT2D eigenvalue weighted by Crippen LogP contribution is 2.33. The number of aromatic nitrogens is 2. The molecule has 3 N–H and O–H groups in total. The number of rotatable bonds is 6. The van der Waals surface area contributed by atoms with Crippen molar-refractivity contribution < 1.29 is 13.2 Å². The fourth-order valence-electron chi connectivity index (χ4n) is 4.19. The van der Waals surface area contributed by atoms with Crippen LogP contribution in [0.4, 0.5) is 19.0 Å². The van der Waals surface area contributed by atoms with E-state index in [0.717, 1.165) is 47.5 Å². The average Bonchev–Trinajstić information content (AvgIpc) is 3.42. The van der Waals surface area contributed by atoms with Gasteiger partial charge in [-0.3, -0.25) is 10.8 Å². The number of thiophene rings is 1. The molecule has 2 aromatic rings. The lowest BCUT2D eigenvalue weighted by atomic mass is 10.1. The zero-order valence-corrected chi connectivity index (χ0v) is 19.3. The van der Waals surface area contributed by atoms with E-state index < -0.39 is 12.0 Å². The molecule has 4 heterocycles. The maximum atomic E-state index is 13.0. The summed E-state index contributed by atoms with van der Waals surface area (Å²) in [7, 11) is 0. The zero-order chi connectivity index (χ0) is 23.6. The second kappa shape index (κ2) is 9.76. The highest BCUT2D eigenvalue weighted by molar-refractivity contribution is 7.18. The number of aryl methyl sites for hydroxylation is 1. The van der Waals surface area contributed by atoms with E-state index in [0.29, 0.717) is 24.0 Å². The number of alkyl halides is 3. The highest BCUT2D eigenvalue weighted by Gasteiger charge is 2.41. The van der Waals surface area contributed by atoms with Crippen molar-refractivity contribution in [3.63, 3.8) is 0 Å². The average molecular weight is 480 g/mol. The van der Waals surface area contributed by atoms with E-state index in [1.165, 1.54) is 4.88 Å². The van der Waals surface area contributed by atoms with Crippen LogP contribution < -0.4 is 10.2 Å². The summed E-state index contributed by atoms with van der Waals surface area (Å²) in [5.41, 5.74) is 0. The predicted molar refractivity (Wildman–Crippen MR) is 126 cm³/mol. The predicted octanol–water partition coefficient (Wildman–Crippen LogP) is 3.99. The fraction of sp³-hybridized carbons (Fsp3) is 0.545. The molecule has 33 heavy (non-hydrogen) atoms. The first-order chi connectivity index (χ1) is 15.8. The molecule has 2 aliphatic heterocycles. The Kier molecular flexibility index (Phi) is 6.99. The fourth-order valence-corrected chi connectivity index (χ4v) is 5.33. The summed E-state index contributed by atoms with van der Waals surface area (Å²) in [6, 6.07) is 2.07. The molecule has 0 bridgehead atoms. The van der Waals surface area contributed by atoms with Crippen LogP contribution in [0, 0.1) is 16.7 Å². The molecule has 4 rings (SSSR count).